The van der Waals surface area contributed by atoms with Crippen LogP contribution in [0, 0.1) is 0 Å². The maximum absolute atomic E-state index is 13.1. The number of imidazole rings is 1. The first-order valence-corrected chi connectivity index (χ1v) is 8.43. The number of aromatic nitrogens is 2. The Hall–Kier alpha value is -3.09. The fraction of sp³-hybridized carbons (Fsp3) is 0.200. The number of nitrogens with zero attached hydrogens (tertiary/aromatic N) is 2. The fourth-order valence-electron chi connectivity index (χ4n) is 3.45. The van der Waals surface area contributed by atoms with Crippen LogP contribution < -0.4 is 5.32 Å². The van der Waals surface area contributed by atoms with E-state index in [-0.39, 0.29) is 11.6 Å². The topological polar surface area (TPSA) is 46.9 Å². The van der Waals surface area contributed by atoms with E-state index in [2.05, 4.69) is 10.3 Å². The fourth-order valence-corrected chi connectivity index (χ4v) is 3.45. The van der Waals surface area contributed by atoms with Crippen LogP contribution in [0.2, 0.25) is 0 Å². The Balaban J connectivity index is 1.86. The van der Waals surface area contributed by atoms with Crippen molar-refractivity contribution in [2.45, 2.75) is 19.1 Å². The summed E-state index contributed by atoms with van der Waals surface area (Å²) in [5.74, 6) is 0.300. The molecule has 0 unspecified atom stereocenters. The van der Waals surface area contributed by atoms with Gasteiger partial charge in [-0.15, -0.1) is 0 Å². The lowest BCUT2D eigenvalue weighted by molar-refractivity contribution is -0.127. The average molecular weight is 371 g/mol. The van der Waals surface area contributed by atoms with E-state index in [4.69, 9.17) is 0 Å². The number of amides is 1. The Bertz CT molecular complexity index is 1020. The summed E-state index contributed by atoms with van der Waals surface area (Å²) in [6.45, 7) is 0.410. The monoisotopic (exact) mass is 371 g/mol. The zero-order chi connectivity index (χ0) is 19.2. The van der Waals surface area contributed by atoms with Crippen molar-refractivity contribution in [1.82, 2.24) is 14.9 Å². The third-order valence-corrected chi connectivity index (χ3v) is 4.63. The molecule has 3 aromatic rings. The summed E-state index contributed by atoms with van der Waals surface area (Å²) < 4.78 is 41.0. The molecule has 0 fully saturated rings. The van der Waals surface area contributed by atoms with Gasteiger partial charge in [0.15, 0.2) is 0 Å². The van der Waals surface area contributed by atoms with Crippen molar-refractivity contribution in [1.29, 1.82) is 0 Å². The molecule has 0 saturated carbocycles. The number of fused-ring (bicyclic) bond motifs is 1. The van der Waals surface area contributed by atoms with Crippen LogP contribution in [-0.2, 0) is 20.0 Å². The minimum atomic E-state index is -4.36. The number of alkyl halides is 3. The molecule has 0 saturated heterocycles. The molecule has 1 N–H and O–H groups in total. The average Bonchev–Trinajstić information content (AvgIpc) is 3.14. The summed E-state index contributed by atoms with van der Waals surface area (Å²) in [5.41, 5.74) is 3.19. The molecule has 1 amide bonds. The first kappa shape index (κ1) is 17.3. The summed E-state index contributed by atoms with van der Waals surface area (Å²) in [4.78, 5) is 16.0. The van der Waals surface area contributed by atoms with Gasteiger partial charge < -0.3 is 9.88 Å². The van der Waals surface area contributed by atoms with Gasteiger partial charge in [0.05, 0.1) is 17.8 Å². The number of rotatable bonds is 3. The number of hydrogen-bond donors (Lipinski definition) is 1. The molecule has 7 heteroatoms. The van der Waals surface area contributed by atoms with Crippen molar-refractivity contribution in [3.8, 4) is 22.6 Å². The van der Waals surface area contributed by atoms with Crippen molar-refractivity contribution in [3.05, 3.63) is 65.4 Å². The minimum absolute atomic E-state index is 0.0131. The van der Waals surface area contributed by atoms with Gasteiger partial charge in [-0.1, -0.05) is 36.4 Å². The van der Waals surface area contributed by atoms with Gasteiger partial charge in [-0.05, 0) is 17.7 Å². The third-order valence-electron chi connectivity index (χ3n) is 4.63. The number of halogens is 3. The van der Waals surface area contributed by atoms with Gasteiger partial charge in [0.1, 0.15) is 5.82 Å². The van der Waals surface area contributed by atoms with E-state index in [1.165, 1.54) is 0 Å². The molecule has 0 bridgehead atoms. The zero-order valence-electron chi connectivity index (χ0n) is 14.5. The Morgan fingerprint density at radius 2 is 1.85 bits per heavy atom. The largest absolute Gasteiger partial charge is 0.394 e. The lowest BCUT2D eigenvalue weighted by atomic mass is 10.1. The van der Waals surface area contributed by atoms with Crippen LogP contribution in [0.1, 0.15) is 21.6 Å². The molecule has 1 aliphatic rings. The Kier molecular flexibility index (Phi) is 4.02. The van der Waals surface area contributed by atoms with Crippen molar-refractivity contribution in [2.24, 2.45) is 7.05 Å². The van der Waals surface area contributed by atoms with Gasteiger partial charge in [-0.3, -0.25) is 4.79 Å². The first-order valence-electron chi connectivity index (χ1n) is 8.43. The van der Waals surface area contributed by atoms with E-state index < -0.39 is 12.6 Å². The summed E-state index contributed by atoms with van der Waals surface area (Å²) in [5, 5.41) is 2.74. The molecule has 138 valence electrons. The molecule has 2 heterocycles. The number of carbonyl (C=O) groups is 1. The second kappa shape index (κ2) is 6.26. The van der Waals surface area contributed by atoms with Crippen LogP contribution >= 0.6 is 0 Å². The van der Waals surface area contributed by atoms with Crippen molar-refractivity contribution < 1.29 is 18.0 Å². The van der Waals surface area contributed by atoms with Gasteiger partial charge in [0, 0.05) is 30.3 Å². The summed E-state index contributed by atoms with van der Waals surface area (Å²) in [6, 6.07) is 14.1. The molecule has 4 rings (SSSR count). The van der Waals surface area contributed by atoms with Crippen LogP contribution in [0.4, 0.5) is 13.2 Å². The molecule has 4 nitrogen and oxygen atoms in total. The summed E-state index contributed by atoms with van der Waals surface area (Å²) >= 11 is 0. The second-order valence-electron chi connectivity index (χ2n) is 6.50. The number of benzene rings is 2. The van der Waals surface area contributed by atoms with Crippen molar-refractivity contribution in [3.63, 3.8) is 0 Å². The smallest absolute Gasteiger partial charge is 0.348 e. The van der Waals surface area contributed by atoms with E-state index in [0.29, 0.717) is 34.8 Å². The molecule has 0 aliphatic carbocycles. The molecule has 0 radical (unpaired) electrons. The number of nitrogens with one attached hydrogen (secondary N) is 1. The van der Waals surface area contributed by atoms with E-state index >= 15 is 0 Å². The Morgan fingerprint density at radius 1 is 1.11 bits per heavy atom. The molecule has 27 heavy (non-hydrogen) atoms. The highest BCUT2D eigenvalue weighted by Gasteiger charge is 2.32. The van der Waals surface area contributed by atoms with Crippen LogP contribution in [0.15, 0.2) is 48.5 Å². The highest BCUT2D eigenvalue weighted by molar-refractivity contribution is 5.98. The SMILES string of the molecule is Cn1c(-c2ccc3c(c2)CNC3=O)nc(CC(F)(F)F)c1-c1ccccc1. The standard InChI is InChI=1S/C20H16F3N3O/c1-26-17(12-5-3-2-4-6-12)16(10-20(21,22)23)25-18(26)13-7-8-15-14(9-13)11-24-19(15)27/h2-9H,10-11H2,1H3,(H,24,27). The van der Waals surface area contributed by atoms with E-state index in [0.717, 1.165) is 5.56 Å². The Labute approximate surface area is 153 Å². The van der Waals surface area contributed by atoms with Gasteiger partial charge >= 0.3 is 6.18 Å². The van der Waals surface area contributed by atoms with Crippen LogP contribution in [0.5, 0.6) is 0 Å². The van der Waals surface area contributed by atoms with Crippen LogP contribution in [0.25, 0.3) is 22.6 Å². The highest BCUT2D eigenvalue weighted by Crippen LogP contribution is 2.34. The van der Waals surface area contributed by atoms with Crippen LogP contribution in [-0.4, -0.2) is 21.6 Å². The normalized spacial score (nSPS) is 13.6. The summed E-state index contributed by atoms with van der Waals surface area (Å²) in [7, 11) is 1.71. The predicted octanol–water partition coefficient (Wildman–Crippen LogP) is 4.10. The van der Waals surface area contributed by atoms with E-state index in [9.17, 15) is 18.0 Å². The summed E-state index contributed by atoms with van der Waals surface area (Å²) in [6.07, 6.45) is -5.46. The molecular formula is C20H16F3N3O. The maximum atomic E-state index is 13.1. The predicted molar refractivity (Wildman–Crippen MR) is 95.0 cm³/mol. The lowest BCUT2D eigenvalue weighted by Crippen LogP contribution is -2.12. The van der Waals surface area contributed by atoms with E-state index in [1.54, 1.807) is 48.0 Å². The lowest BCUT2D eigenvalue weighted by Gasteiger charge is -2.09. The van der Waals surface area contributed by atoms with Gasteiger partial charge in [0.2, 0.25) is 0 Å². The quantitative estimate of drug-likeness (QED) is 0.753. The molecule has 2 aromatic carbocycles. The first-order chi connectivity index (χ1) is 12.8. The van der Waals surface area contributed by atoms with Crippen molar-refractivity contribution in [2.75, 3.05) is 0 Å². The number of hydrogen-bond acceptors (Lipinski definition) is 2. The minimum Gasteiger partial charge on any atom is -0.348 e. The molecule has 0 spiro atoms. The van der Waals surface area contributed by atoms with E-state index in [1.807, 2.05) is 12.1 Å². The molecule has 1 aromatic heterocycles. The number of carbonyl (C=O) groups excluding carboxylic acids is 1. The molecular weight excluding hydrogens is 355 g/mol. The Morgan fingerprint density at radius 3 is 2.56 bits per heavy atom. The zero-order valence-corrected chi connectivity index (χ0v) is 14.5. The molecule has 1 aliphatic heterocycles. The third kappa shape index (κ3) is 3.20. The highest BCUT2D eigenvalue weighted by atomic mass is 19.4. The molecule has 0 atom stereocenters. The maximum Gasteiger partial charge on any atom is 0.394 e. The van der Waals surface area contributed by atoms with Gasteiger partial charge in [-0.2, -0.15) is 13.2 Å². The van der Waals surface area contributed by atoms with Crippen molar-refractivity contribution >= 4 is 5.91 Å². The second-order valence-corrected chi connectivity index (χ2v) is 6.50. The van der Waals surface area contributed by atoms with Crippen LogP contribution in [0.3, 0.4) is 0 Å². The van der Waals surface area contributed by atoms with Gasteiger partial charge in [0.25, 0.3) is 5.91 Å². The van der Waals surface area contributed by atoms with Gasteiger partial charge in [-0.25, -0.2) is 4.98 Å².